The lowest BCUT2D eigenvalue weighted by atomic mass is 10.0. The molecule has 0 heterocycles. The summed E-state index contributed by atoms with van der Waals surface area (Å²) in [6.07, 6.45) is 64.1. The van der Waals surface area contributed by atoms with Crippen LogP contribution in [-0.2, 0) is 28.6 Å². The van der Waals surface area contributed by atoms with Crippen molar-refractivity contribution in [3.05, 3.63) is 48.6 Å². The Kier molecular flexibility index (Phi) is 50.8. The Balaban J connectivity index is 4.34. The fourth-order valence-electron chi connectivity index (χ4n) is 7.99. The molecule has 372 valence electrons. The van der Waals surface area contributed by atoms with Crippen LogP contribution in [0.15, 0.2) is 48.6 Å². The highest BCUT2D eigenvalue weighted by Gasteiger charge is 2.19. The van der Waals surface area contributed by atoms with Crippen LogP contribution in [0.3, 0.4) is 0 Å². The average Bonchev–Trinajstić information content (AvgIpc) is 3.29. The number of carbonyl (C=O) groups is 3. The van der Waals surface area contributed by atoms with E-state index in [1.54, 1.807) is 0 Å². The van der Waals surface area contributed by atoms with Crippen LogP contribution in [0.5, 0.6) is 0 Å². The molecule has 1 atom stereocenters. The molecule has 64 heavy (non-hydrogen) atoms. The molecule has 0 aromatic heterocycles. The van der Waals surface area contributed by atoms with Crippen molar-refractivity contribution in [2.75, 3.05) is 13.2 Å². The van der Waals surface area contributed by atoms with Crippen molar-refractivity contribution < 1.29 is 28.6 Å². The molecule has 0 aromatic rings. The van der Waals surface area contributed by atoms with Gasteiger partial charge in [-0.3, -0.25) is 14.4 Å². The number of unbranched alkanes of at least 4 members (excludes halogenated alkanes) is 31. The molecular formula is C58H104O6. The SMILES string of the molecule is CC/C=C\C/C=C\C/C=C\C/C=C\CCC(=O)OC(COC(=O)CCCCCCCCCCCCCCC)COC(=O)CCCCCCCCCCCCCCCCCCCCCC. The van der Waals surface area contributed by atoms with Gasteiger partial charge < -0.3 is 14.2 Å². The molecule has 0 rings (SSSR count). The first-order valence-corrected chi connectivity index (χ1v) is 27.6. The predicted octanol–water partition coefficient (Wildman–Crippen LogP) is 18.3. The molecule has 0 aliphatic carbocycles. The summed E-state index contributed by atoms with van der Waals surface area (Å²) in [6, 6.07) is 0. The lowest BCUT2D eigenvalue weighted by Gasteiger charge is -2.18. The van der Waals surface area contributed by atoms with Crippen LogP contribution in [0, 0.1) is 0 Å². The number of carbonyl (C=O) groups excluding carboxylic acids is 3. The van der Waals surface area contributed by atoms with Crippen molar-refractivity contribution in [2.45, 2.75) is 290 Å². The Morgan fingerprint density at radius 3 is 0.922 bits per heavy atom. The van der Waals surface area contributed by atoms with E-state index in [0.29, 0.717) is 19.3 Å². The minimum absolute atomic E-state index is 0.0975. The van der Waals surface area contributed by atoms with E-state index in [1.807, 2.05) is 6.08 Å². The van der Waals surface area contributed by atoms with E-state index in [4.69, 9.17) is 14.2 Å². The lowest BCUT2D eigenvalue weighted by Crippen LogP contribution is -2.30. The first-order valence-electron chi connectivity index (χ1n) is 27.6. The van der Waals surface area contributed by atoms with E-state index in [9.17, 15) is 14.4 Å². The predicted molar refractivity (Wildman–Crippen MR) is 275 cm³/mol. The lowest BCUT2D eigenvalue weighted by molar-refractivity contribution is -0.166. The van der Waals surface area contributed by atoms with Crippen molar-refractivity contribution in [1.82, 2.24) is 0 Å². The van der Waals surface area contributed by atoms with Crippen molar-refractivity contribution >= 4 is 17.9 Å². The first-order chi connectivity index (χ1) is 31.5. The first kappa shape index (κ1) is 61.4. The molecule has 6 nitrogen and oxygen atoms in total. The normalized spacial score (nSPS) is 12.4. The number of ether oxygens (including phenoxy) is 3. The summed E-state index contributed by atoms with van der Waals surface area (Å²) in [5, 5.41) is 0. The average molecular weight is 897 g/mol. The minimum atomic E-state index is -0.806. The van der Waals surface area contributed by atoms with Crippen molar-refractivity contribution in [3.63, 3.8) is 0 Å². The van der Waals surface area contributed by atoms with Crippen molar-refractivity contribution in [1.29, 1.82) is 0 Å². The Bertz CT molecular complexity index is 1120. The van der Waals surface area contributed by atoms with E-state index in [2.05, 4.69) is 63.3 Å². The van der Waals surface area contributed by atoms with Gasteiger partial charge in [-0.25, -0.2) is 0 Å². The molecular weight excluding hydrogens is 793 g/mol. The largest absolute Gasteiger partial charge is 0.462 e. The second-order valence-corrected chi connectivity index (χ2v) is 18.5. The van der Waals surface area contributed by atoms with Crippen molar-refractivity contribution in [3.8, 4) is 0 Å². The third kappa shape index (κ3) is 50.4. The maximum Gasteiger partial charge on any atom is 0.306 e. The number of rotatable bonds is 50. The Labute approximate surface area is 397 Å². The summed E-state index contributed by atoms with van der Waals surface area (Å²) < 4.78 is 16.8. The molecule has 0 N–H and O–H groups in total. The maximum atomic E-state index is 12.8. The zero-order valence-corrected chi connectivity index (χ0v) is 42.6. The fourth-order valence-corrected chi connectivity index (χ4v) is 7.99. The molecule has 0 aliphatic rings. The van der Waals surface area contributed by atoms with Crippen molar-refractivity contribution in [2.24, 2.45) is 0 Å². The molecule has 1 unspecified atom stereocenters. The Hall–Kier alpha value is -2.63. The summed E-state index contributed by atoms with van der Waals surface area (Å²) in [5.41, 5.74) is 0. The van der Waals surface area contributed by atoms with Gasteiger partial charge in [-0.1, -0.05) is 268 Å². The van der Waals surface area contributed by atoms with Gasteiger partial charge in [0.05, 0.1) is 0 Å². The molecule has 0 aromatic carbocycles. The van der Waals surface area contributed by atoms with E-state index in [1.165, 1.54) is 173 Å². The van der Waals surface area contributed by atoms with Gasteiger partial charge in [0.1, 0.15) is 13.2 Å². The number of hydrogen-bond donors (Lipinski definition) is 0. The molecule has 0 bridgehead atoms. The van der Waals surface area contributed by atoms with Gasteiger partial charge in [0, 0.05) is 19.3 Å². The summed E-state index contributed by atoms with van der Waals surface area (Å²) in [6.45, 7) is 6.49. The topological polar surface area (TPSA) is 78.9 Å². The van der Waals surface area contributed by atoms with E-state index >= 15 is 0 Å². The van der Waals surface area contributed by atoms with Gasteiger partial charge in [-0.15, -0.1) is 0 Å². The number of esters is 3. The molecule has 0 aliphatic heterocycles. The van der Waals surface area contributed by atoms with Gasteiger partial charge in [-0.2, -0.15) is 0 Å². The zero-order valence-electron chi connectivity index (χ0n) is 42.6. The highest BCUT2D eigenvalue weighted by molar-refractivity contribution is 5.71. The van der Waals surface area contributed by atoms with E-state index in [-0.39, 0.29) is 37.5 Å². The molecule has 0 radical (unpaired) electrons. The highest BCUT2D eigenvalue weighted by atomic mass is 16.6. The maximum absolute atomic E-state index is 12.8. The number of allylic oxidation sites excluding steroid dienone is 8. The van der Waals surface area contributed by atoms with E-state index in [0.717, 1.165) is 64.2 Å². The minimum Gasteiger partial charge on any atom is -0.462 e. The second kappa shape index (κ2) is 53.0. The van der Waals surface area contributed by atoms with Crippen LogP contribution in [0.4, 0.5) is 0 Å². The van der Waals surface area contributed by atoms with E-state index < -0.39 is 6.10 Å². The van der Waals surface area contributed by atoms with Gasteiger partial charge in [0.15, 0.2) is 6.10 Å². The smallest absolute Gasteiger partial charge is 0.306 e. The van der Waals surface area contributed by atoms with Crippen LogP contribution in [0.1, 0.15) is 284 Å². The second-order valence-electron chi connectivity index (χ2n) is 18.5. The van der Waals surface area contributed by atoms with Gasteiger partial charge >= 0.3 is 17.9 Å². The third-order valence-corrected chi connectivity index (χ3v) is 12.1. The highest BCUT2D eigenvalue weighted by Crippen LogP contribution is 2.17. The molecule has 0 saturated heterocycles. The Morgan fingerprint density at radius 2 is 0.609 bits per heavy atom. The monoisotopic (exact) mass is 897 g/mol. The Morgan fingerprint density at radius 1 is 0.328 bits per heavy atom. The van der Waals surface area contributed by atoms with Gasteiger partial charge in [0.25, 0.3) is 0 Å². The zero-order chi connectivity index (χ0) is 46.5. The van der Waals surface area contributed by atoms with Gasteiger partial charge in [0.2, 0.25) is 0 Å². The molecule has 0 amide bonds. The standard InChI is InChI=1S/C58H104O6/c1-4-7-10-13-16-19-22-25-26-27-28-29-30-31-34-36-39-42-45-48-51-57(60)63-54-55(64-58(61)52-49-46-43-40-37-33-24-21-18-15-12-9-6-3)53-62-56(59)50-47-44-41-38-35-32-23-20-17-14-11-8-5-2/h9,12,18,21,33,37,43,46,55H,4-8,10-11,13-17,19-20,22-32,34-36,38-42,44-45,47-54H2,1-3H3/b12-9-,21-18-,37-33-,46-43-. The van der Waals surface area contributed by atoms with Crippen LogP contribution in [0.2, 0.25) is 0 Å². The third-order valence-electron chi connectivity index (χ3n) is 12.1. The molecule has 0 spiro atoms. The molecule has 0 fully saturated rings. The number of hydrogen-bond acceptors (Lipinski definition) is 6. The van der Waals surface area contributed by atoms with Crippen LogP contribution in [0.25, 0.3) is 0 Å². The molecule has 0 saturated carbocycles. The summed E-state index contributed by atoms with van der Waals surface area (Å²) in [7, 11) is 0. The fraction of sp³-hybridized carbons (Fsp3) is 0.810. The van der Waals surface area contributed by atoms with Crippen LogP contribution < -0.4 is 0 Å². The van der Waals surface area contributed by atoms with Crippen LogP contribution >= 0.6 is 0 Å². The summed E-state index contributed by atoms with van der Waals surface area (Å²) in [5.74, 6) is -0.966. The van der Waals surface area contributed by atoms with Gasteiger partial charge in [-0.05, 0) is 44.9 Å². The van der Waals surface area contributed by atoms with Crippen LogP contribution in [-0.4, -0.2) is 37.2 Å². The molecule has 6 heteroatoms. The quantitative estimate of drug-likeness (QED) is 0.0262. The summed E-state index contributed by atoms with van der Waals surface area (Å²) in [4.78, 5) is 38.0. The summed E-state index contributed by atoms with van der Waals surface area (Å²) >= 11 is 0.